The van der Waals surface area contributed by atoms with Crippen molar-refractivity contribution < 1.29 is 4.74 Å². The summed E-state index contributed by atoms with van der Waals surface area (Å²) in [4.78, 5) is 5.65. The Labute approximate surface area is 111 Å². The van der Waals surface area contributed by atoms with Crippen molar-refractivity contribution in [2.75, 3.05) is 19.8 Å². The van der Waals surface area contributed by atoms with Crippen molar-refractivity contribution in [2.45, 2.75) is 26.3 Å². The maximum Gasteiger partial charge on any atom is 0.194 e. The summed E-state index contributed by atoms with van der Waals surface area (Å²) >= 11 is 1.69. The molecule has 0 spiro atoms. The number of fused-ring (bicyclic) bond motifs is 1. The third-order valence-electron chi connectivity index (χ3n) is 3.63. The lowest BCUT2D eigenvalue weighted by molar-refractivity contribution is 0.0662. The second-order valence-electron chi connectivity index (χ2n) is 4.89. The topological polar surface area (TPSA) is 38.6 Å². The molecule has 1 aliphatic heterocycles. The number of nitrogens with zero attached hydrogens (tertiary/aromatic N) is 2. The van der Waals surface area contributed by atoms with Gasteiger partial charge in [0.15, 0.2) is 4.96 Å². The molecule has 0 radical (unpaired) electrons. The minimum atomic E-state index is 0.768. The van der Waals surface area contributed by atoms with Gasteiger partial charge in [-0.1, -0.05) is 0 Å². The lowest BCUT2D eigenvalue weighted by atomic mass is 10.0. The van der Waals surface area contributed by atoms with Crippen molar-refractivity contribution in [3.8, 4) is 0 Å². The van der Waals surface area contributed by atoms with Crippen molar-refractivity contribution in [3.05, 3.63) is 23.0 Å². The average Bonchev–Trinajstić information content (AvgIpc) is 2.93. The van der Waals surface area contributed by atoms with Gasteiger partial charge in [-0.25, -0.2) is 4.98 Å². The number of hydrogen-bond acceptors (Lipinski definition) is 4. The molecule has 0 amide bonds. The molecular weight excluding hydrogens is 246 g/mol. The van der Waals surface area contributed by atoms with Crippen LogP contribution in [0.3, 0.4) is 0 Å². The first kappa shape index (κ1) is 12.1. The number of hydrogen-bond donors (Lipinski definition) is 1. The van der Waals surface area contributed by atoms with Gasteiger partial charge in [0.05, 0.1) is 11.4 Å². The summed E-state index contributed by atoms with van der Waals surface area (Å²) in [5.41, 5.74) is 2.43. The van der Waals surface area contributed by atoms with E-state index in [0.717, 1.165) is 42.9 Å². The van der Waals surface area contributed by atoms with Crippen molar-refractivity contribution in [1.82, 2.24) is 14.7 Å². The fourth-order valence-corrected chi connectivity index (χ4v) is 3.28. The normalized spacial score (nSPS) is 17.6. The molecular formula is C13H19N3OS. The van der Waals surface area contributed by atoms with Crippen LogP contribution in [-0.4, -0.2) is 29.1 Å². The molecule has 2 aromatic rings. The van der Waals surface area contributed by atoms with Crippen LogP contribution in [0, 0.1) is 12.8 Å². The SMILES string of the molecule is Cc1nc2sccn2c1CNCC1CCOCC1. The van der Waals surface area contributed by atoms with Crippen LogP contribution in [-0.2, 0) is 11.3 Å². The molecule has 3 rings (SSSR count). The van der Waals surface area contributed by atoms with Gasteiger partial charge in [-0.15, -0.1) is 11.3 Å². The van der Waals surface area contributed by atoms with Crippen molar-refractivity contribution >= 4 is 16.3 Å². The first-order chi connectivity index (χ1) is 8.84. The lowest BCUT2D eigenvalue weighted by Gasteiger charge is -2.22. The molecule has 1 saturated heterocycles. The highest BCUT2D eigenvalue weighted by atomic mass is 32.1. The summed E-state index contributed by atoms with van der Waals surface area (Å²) in [6, 6.07) is 0. The zero-order chi connectivity index (χ0) is 12.4. The summed E-state index contributed by atoms with van der Waals surface area (Å²) in [5.74, 6) is 0.768. The Morgan fingerprint density at radius 2 is 2.33 bits per heavy atom. The van der Waals surface area contributed by atoms with E-state index >= 15 is 0 Å². The number of imidazole rings is 1. The third-order valence-corrected chi connectivity index (χ3v) is 4.38. The van der Waals surface area contributed by atoms with E-state index in [2.05, 4.69) is 33.2 Å². The fraction of sp³-hybridized carbons (Fsp3) is 0.615. The Bertz CT molecular complexity index is 513. The van der Waals surface area contributed by atoms with Gasteiger partial charge in [0.2, 0.25) is 0 Å². The van der Waals surface area contributed by atoms with E-state index in [-0.39, 0.29) is 0 Å². The molecule has 0 aliphatic carbocycles. The van der Waals surface area contributed by atoms with Crippen LogP contribution in [0.1, 0.15) is 24.2 Å². The molecule has 98 valence electrons. The van der Waals surface area contributed by atoms with Gasteiger partial charge in [-0.05, 0) is 32.2 Å². The van der Waals surface area contributed by atoms with Gasteiger partial charge in [-0.3, -0.25) is 4.40 Å². The molecule has 2 aromatic heterocycles. The number of aryl methyl sites for hydroxylation is 1. The predicted octanol–water partition coefficient (Wildman–Crippen LogP) is 2.22. The third kappa shape index (κ3) is 2.43. The Morgan fingerprint density at radius 1 is 1.50 bits per heavy atom. The molecule has 1 N–H and O–H groups in total. The zero-order valence-corrected chi connectivity index (χ0v) is 11.5. The molecule has 4 nitrogen and oxygen atoms in total. The van der Waals surface area contributed by atoms with Gasteiger partial charge in [0.25, 0.3) is 0 Å². The van der Waals surface area contributed by atoms with Gasteiger partial charge in [0.1, 0.15) is 0 Å². The highest BCUT2D eigenvalue weighted by Gasteiger charge is 2.14. The Kier molecular flexibility index (Phi) is 3.63. The molecule has 0 saturated carbocycles. The van der Waals surface area contributed by atoms with Gasteiger partial charge < -0.3 is 10.1 Å². The number of thiazole rings is 1. The van der Waals surface area contributed by atoms with Crippen LogP contribution >= 0.6 is 11.3 Å². The van der Waals surface area contributed by atoms with Crippen molar-refractivity contribution in [3.63, 3.8) is 0 Å². The Morgan fingerprint density at radius 3 is 3.17 bits per heavy atom. The molecule has 0 aromatic carbocycles. The monoisotopic (exact) mass is 265 g/mol. The second kappa shape index (κ2) is 5.38. The zero-order valence-electron chi connectivity index (χ0n) is 10.7. The summed E-state index contributed by atoms with van der Waals surface area (Å²) in [6.45, 7) is 5.92. The quantitative estimate of drug-likeness (QED) is 0.921. The summed E-state index contributed by atoms with van der Waals surface area (Å²) in [5, 5.41) is 5.66. The largest absolute Gasteiger partial charge is 0.381 e. The van der Waals surface area contributed by atoms with Crippen LogP contribution in [0.4, 0.5) is 0 Å². The maximum atomic E-state index is 5.38. The van der Waals surface area contributed by atoms with Crippen molar-refractivity contribution in [2.24, 2.45) is 5.92 Å². The summed E-state index contributed by atoms with van der Waals surface area (Å²) in [6.07, 6.45) is 4.48. The van der Waals surface area contributed by atoms with Gasteiger partial charge in [-0.2, -0.15) is 0 Å². The Hall–Kier alpha value is -0.910. The molecule has 5 heteroatoms. The smallest absolute Gasteiger partial charge is 0.194 e. The first-order valence-electron chi connectivity index (χ1n) is 6.54. The van der Waals surface area contributed by atoms with E-state index in [9.17, 15) is 0 Å². The highest BCUT2D eigenvalue weighted by Crippen LogP contribution is 2.17. The average molecular weight is 265 g/mol. The van der Waals surface area contributed by atoms with Gasteiger partial charge in [0, 0.05) is 31.3 Å². The van der Waals surface area contributed by atoms with Crippen LogP contribution in [0.15, 0.2) is 11.6 Å². The standard InChI is InChI=1S/C13H19N3OS/c1-10-12(16-4-7-18-13(16)15-10)9-14-8-11-2-5-17-6-3-11/h4,7,11,14H,2-3,5-6,8-9H2,1H3. The highest BCUT2D eigenvalue weighted by molar-refractivity contribution is 7.15. The molecule has 0 unspecified atom stereocenters. The van der Waals surface area contributed by atoms with Crippen molar-refractivity contribution in [1.29, 1.82) is 0 Å². The number of aromatic nitrogens is 2. The van der Waals surface area contributed by atoms with Crippen LogP contribution < -0.4 is 5.32 Å². The number of ether oxygens (including phenoxy) is 1. The van der Waals surface area contributed by atoms with E-state index in [1.165, 1.54) is 18.5 Å². The van der Waals surface area contributed by atoms with Crippen LogP contribution in [0.2, 0.25) is 0 Å². The van der Waals surface area contributed by atoms with E-state index in [4.69, 9.17) is 4.74 Å². The maximum absolute atomic E-state index is 5.38. The molecule has 0 bridgehead atoms. The van der Waals surface area contributed by atoms with E-state index < -0.39 is 0 Å². The Balaban J connectivity index is 1.59. The fourth-order valence-electron chi connectivity index (χ4n) is 2.50. The van der Waals surface area contributed by atoms with Crippen LogP contribution in [0.5, 0.6) is 0 Å². The predicted molar refractivity (Wildman–Crippen MR) is 73.1 cm³/mol. The van der Waals surface area contributed by atoms with E-state index in [0.29, 0.717) is 0 Å². The number of nitrogens with one attached hydrogen (secondary N) is 1. The lowest BCUT2D eigenvalue weighted by Crippen LogP contribution is -2.27. The van der Waals surface area contributed by atoms with E-state index in [1.54, 1.807) is 11.3 Å². The first-order valence-corrected chi connectivity index (χ1v) is 7.42. The minimum Gasteiger partial charge on any atom is -0.381 e. The molecule has 18 heavy (non-hydrogen) atoms. The summed E-state index contributed by atoms with van der Waals surface area (Å²) in [7, 11) is 0. The molecule has 1 aliphatic rings. The molecule has 3 heterocycles. The molecule has 0 atom stereocenters. The molecule has 1 fully saturated rings. The minimum absolute atomic E-state index is 0.768. The summed E-state index contributed by atoms with van der Waals surface area (Å²) < 4.78 is 7.57. The second-order valence-corrected chi connectivity index (χ2v) is 5.76. The van der Waals surface area contributed by atoms with Gasteiger partial charge >= 0.3 is 0 Å². The van der Waals surface area contributed by atoms with Crippen LogP contribution in [0.25, 0.3) is 4.96 Å². The van der Waals surface area contributed by atoms with E-state index in [1.807, 2.05) is 0 Å². The number of rotatable bonds is 4.